The minimum absolute atomic E-state index is 0.205. The number of para-hydroxylation sites is 1. The molecular formula is C25H24Cl2N2O3. The number of hydrogen-bond donors (Lipinski definition) is 1. The highest BCUT2D eigenvalue weighted by molar-refractivity contribution is 6.32. The minimum atomic E-state index is -0.733. The predicted octanol–water partition coefficient (Wildman–Crippen LogP) is 4.76. The third-order valence-electron chi connectivity index (χ3n) is 4.95. The maximum absolute atomic E-state index is 13.3. The van der Waals surface area contributed by atoms with E-state index in [1.54, 1.807) is 43.4 Å². The Morgan fingerprint density at radius 2 is 1.62 bits per heavy atom. The monoisotopic (exact) mass is 470 g/mol. The summed E-state index contributed by atoms with van der Waals surface area (Å²) in [6.45, 7) is -0.0528. The first-order valence-corrected chi connectivity index (χ1v) is 10.9. The Morgan fingerprint density at radius 3 is 2.31 bits per heavy atom. The number of benzene rings is 3. The van der Waals surface area contributed by atoms with Gasteiger partial charge in [0.15, 0.2) is 6.61 Å². The first-order chi connectivity index (χ1) is 15.5. The molecule has 2 amide bonds. The number of amides is 2. The highest BCUT2D eigenvalue weighted by atomic mass is 35.5. The number of carbonyl (C=O) groups excluding carboxylic acids is 2. The van der Waals surface area contributed by atoms with E-state index in [-0.39, 0.29) is 25.0 Å². The third-order valence-corrected chi connectivity index (χ3v) is 5.49. The van der Waals surface area contributed by atoms with Crippen molar-refractivity contribution >= 4 is 35.0 Å². The van der Waals surface area contributed by atoms with Gasteiger partial charge in [-0.25, -0.2) is 0 Å². The summed E-state index contributed by atoms with van der Waals surface area (Å²) >= 11 is 12.3. The van der Waals surface area contributed by atoms with Crippen molar-refractivity contribution in [1.82, 2.24) is 10.2 Å². The molecule has 0 heterocycles. The Balaban J connectivity index is 1.88. The lowest BCUT2D eigenvalue weighted by Crippen LogP contribution is -2.51. The Kier molecular flexibility index (Phi) is 8.54. The second-order valence-electron chi connectivity index (χ2n) is 7.19. The van der Waals surface area contributed by atoms with Gasteiger partial charge in [0, 0.05) is 25.0 Å². The number of carbonyl (C=O) groups is 2. The van der Waals surface area contributed by atoms with Crippen LogP contribution in [0.3, 0.4) is 0 Å². The van der Waals surface area contributed by atoms with E-state index in [1.165, 1.54) is 4.90 Å². The van der Waals surface area contributed by atoms with Gasteiger partial charge < -0.3 is 15.0 Å². The average molecular weight is 471 g/mol. The van der Waals surface area contributed by atoms with Gasteiger partial charge in [-0.1, -0.05) is 77.8 Å². The third kappa shape index (κ3) is 6.49. The molecule has 0 aliphatic heterocycles. The lowest BCUT2D eigenvalue weighted by molar-refractivity contribution is -0.142. The number of nitrogens with zero attached hydrogens (tertiary/aromatic N) is 1. The van der Waals surface area contributed by atoms with Crippen molar-refractivity contribution in [3.8, 4) is 5.75 Å². The first kappa shape index (κ1) is 23.6. The van der Waals surface area contributed by atoms with Crippen molar-refractivity contribution in [2.75, 3.05) is 13.7 Å². The zero-order valence-electron chi connectivity index (χ0n) is 17.6. The number of rotatable bonds is 9. The highest BCUT2D eigenvalue weighted by Crippen LogP contribution is 2.24. The molecule has 0 saturated carbocycles. The summed E-state index contributed by atoms with van der Waals surface area (Å²) in [5.41, 5.74) is 1.75. The van der Waals surface area contributed by atoms with Gasteiger partial charge in [0.25, 0.3) is 5.91 Å². The summed E-state index contributed by atoms with van der Waals surface area (Å²) in [6, 6.07) is 23.0. The van der Waals surface area contributed by atoms with E-state index in [0.717, 1.165) is 11.1 Å². The maximum Gasteiger partial charge on any atom is 0.261 e. The maximum atomic E-state index is 13.3. The van der Waals surface area contributed by atoms with Crippen LogP contribution in [-0.2, 0) is 22.6 Å². The topological polar surface area (TPSA) is 58.6 Å². The van der Waals surface area contributed by atoms with E-state index in [0.29, 0.717) is 22.2 Å². The summed E-state index contributed by atoms with van der Waals surface area (Å²) in [5, 5.41) is 3.65. The highest BCUT2D eigenvalue weighted by Gasteiger charge is 2.30. The molecule has 0 aliphatic carbocycles. The molecule has 7 heteroatoms. The van der Waals surface area contributed by atoms with E-state index in [1.807, 2.05) is 42.5 Å². The second-order valence-corrected chi connectivity index (χ2v) is 8.03. The van der Waals surface area contributed by atoms with Crippen molar-refractivity contribution in [1.29, 1.82) is 0 Å². The van der Waals surface area contributed by atoms with Gasteiger partial charge >= 0.3 is 0 Å². The van der Waals surface area contributed by atoms with Crippen LogP contribution < -0.4 is 10.1 Å². The fourth-order valence-electron chi connectivity index (χ4n) is 3.34. The van der Waals surface area contributed by atoms with E-state index in [4.69, 9.17) is 27.9 Å². The van der Waals surface area contributed by atoms with Crippen LogP contribution >= 0.6 is 23.2 Å². The van der Waals surface area contributed by atoms with Crippen molar-refractivity contribution in [3.05, 3.63) is 100 Å². The molecule has 0 spiro atoms. The summed E-state index contributed by atoms with van der Waals surface area (Å²) in [7, 11) is 1.56. The molecule has 3 aromatic rings. The summed E-state index contributed by atoms with van der Waals surface area (Å²) in [5.74, 6) is -0.193. The molecule has 0 aromatic heterocycles. The lowest BCUT2D eigenvalue weighted by atomic mass is 10.0. The number of ether oxygens (including phenoxy) is 1. The predicted molar refractivity (Wildman–Crippen MR) is 127 cm³/mol. The summed E-state index contributed by atoms with van der Waals surface area (Å²) in [4.78, 5) is 27.7. The molecular weight excluding hydrogens is 447 g/mol. The zero-order chi connectivity index (χ0) is 22.9. The smallest absolute Gasteiger partial charge is 0.261 e. The fraction of sp³-hybridized carbons (Fsp3) is 0.200. The number of nitrogens with one attached hydrogen (secondary N) is 1. The normalized spacial score (nSPS) is 11.5. The van der Waals surface area contributed by atoms with E-state index in [2.05, 4.69) is 5.32 Å². The van der Waals surface area contributed by atoms with Gasteiger partial charge in [0.1, 0.15) is 11.8 Å². The molecule has 0 bridgehead atoms. The Morgan fingerprint density at radius 1 is 0.938 bits per heavy atom. The van der Waals surface area contributed by atoms with Crippen molar-refractivity contribution in [2.24, 2.45) is 0 Å². The minimum Gasteiger partial charge on any atom is -0.482 e. The standard InChI is InChI=1S/C25H24Cl2N2O3/c1-28-25(31)22(15-18-8-3-2-4-9-18)29(16-19-10-7-11-20(26)14-19)24(30)17-32-23-13-6-5-12-21(23)27/h2-14,22H,15-17H2,1H3,(H,28,31)/t22-/m1/s1. The number of likely N-dealkylation sites (N-methyl/N-ethyl adjacent to an activating group) is 1. The Labute approximate surface area is 197 Å². The molecule has 0 radical (unpaired) electrons. The molecule has 3 aromatic carbocycles. The molecule has 166 valence electrons. The van der Waals surface area contributed by atoms with Gasteiger partial charge in [-0.3, -0.25) is 9.59 Å². The van der Waals surface area contributed by atoms with Crippen molar-refractivity contribution in [3.63, 3.8) is 0 Å². The molecule has 1 N–H and O–H groups in total. The molecule has 5 nitrogen and oxygen atoms in total. The molecule has 3 rings (SSSR count). The van der Waals surface area contributed by atoms with Crippen LogP contribution in [0, 0.1) is 0 Å². The van der Waals surface area contributed by atoms with Gasteiger partial charge in [0.2, 0.25) is 5.91 Å². The molecule has 0 unspecified atom stereocenters. The molecule has 1 atom stereocenters. The largest absolute Gasteiger partial charge is 0.482 e. The summed E-state index contributed by atoms with van der Waals surface area (Å²) in [6.07, 6.45) is 0.360. The molecule has 0 aliphatic rings. The van der Waals surface area contributed by atoms with Crippen LogP contribution in [0.5, 0.6) is 5.75 Å². The molecule has 32 heavy (non-hydrogen) atoms. The van der Waals surface area contributed by atoms with E-state index >= 15 is 0 Å². The molecule has 0 fully saturated rings. The van der Waals surface area contributed by atoms with Crippen molar-refractivity contribution in [2.45, 2.75) is 19.0 Å². The second kappa shape index (κ2) is 11.6. The van der Waals surface area contributed by atoms with Gasteiger partial charge in [-0.2, -0.15) is 0 Å². The fourth-order valence-corrected chi connectivity index (χ4v) is 3.74. The SMILES string of the molecule is CNC(=O)[C@@H](Cc1ccccc1)N(Cc1cccc(Cl)c1)C(=O)COc1ccccc1Cl. The van der Waals surface area contributed by atoms with Gasteiger partial charge in [-0.15, -0.1) is 0 Å². The van der Waals surface area contributed by atoms with Crippen LogP contribution in [-0.4, -0.2) is 36.4 Å². The number of halogens is 2. The average Bonchev–Trinajstić information content (AvgIpc) is 2.81. The van der Waals surface area contributed by atoms with Crippen LogP contribution in [0.15, 0.2) is 78.9 Å². The summed E-state index contributed by atoms with van der Waals surface area (Å²) < 4.78 is 5.67. The van der Waals surface area contributed by atoms with Crippen LogP contribution in [0.25, 0.3) is 0 Å². The van der Waals surface area contributed by atoms with Crippen LogP contribution in [0.2, 0.25) is 10.0 Å². The van der Waals surface area contributed by atoms with Gasteiger partial charge in [0.05, 0.1) is 5.02 Å². The quantitative estimate of drug-likeness (QED) is 0.490. The lowest BCUT2D eigenvalue weighted by Gasteiger charge is -2.31. The van der Waals surface area contributed by atoms with Crippen LogP contribution in [0.1, 0.15) is 11.1 Å². The molecule has 0 saturated heterocycles. The van der Waals surface area contributed by atoms with E-state index in [9.17, 15) is 9.59 Å². The zero-order valence-corrected chi connectivity index (χ0v) is 19.1. The Hall–Kier alpha value is -3.02. The first-order valence-electron chi connectivity index (χ1n) is 10.1. The van der Waals surface area contributed by atoms with Crippen LogP contribution in [0.4, 0.5) is 0 Å². The van der Waals surface area contributed by atoms with E-state index < -0.39 is 6.04 Å². The van der Waals surface area contributed by atoms with Gasteiger partial charge in [-0.05, 0) is 35.4 Å². The number of hydrogen-bond acceptors (Lipinski definition) is 3. The van der Waals surface area contributed by atoms with Crippen molar-refractivity contribution < 1.29 is 14.3 Å². The Bertz CT molecular complexity index is 1060.